The first kappa shape index (κ1) is 15.4. The highest BCUT2D eigenvalue weighted by atomic mass is 16.1. The first-order valence-electron chi connectivity index (χ1n) is 7.37. The van der Waals surface area contributed by atoms with Crippen LogP contribution in [0.1, 0.15) is 46.0 Å². The van der Waals surface area contributed by atoms with Gasteiger partial charge in [0.05, 0.1) is 0 Å². The van der Waals surface area contributed by atoms with Gasteiger partial charge < -0.3 is 16.0 Å². The monoisotopic (exact) mass is 255 g/mol. The van der Waals surface area contributed by atoms with E-state index in [4.69, 9.17) is 5.73 Å². The second kappa shape index (κ2) is 8.48. The molecule has 4 heteroatoms. The highest BCUT2D eigenvalue weighted by Crippen LogP contribution is 2.16. The van der Waals surface area contributed by atoms with E-state index in [-0.39, 0.29) is 11.8 Å². The van der Waals surface area contributed by atoms with Crippen molar-refractivity contribution in [2.45, 2.75) is 52.0 Å². The summed E-state index contributed by atoms with van der Waals surface area (Å²) in [5.74, 6) is 0.191. The van der Waals surface area contributed by atoms with E-state index in [2.05, 4.69) is 17.1 Å². The smallest absolute Gasteiger partial charge is 0.222 e. The molecule has 1 aliphatic heterocycles. The van der Waals surface area contributed by atoms with Crippen LogP contribution in [-0.4, -0.2) is 43.0 Å². The maximum Gasteiger partial charge on any atom is 0.222 e. The van der Waals surface area contributed by atoms with E-state index in [9.17, 15) is 4.79 Å². The van der Waals surface area contributed by atoms with Crippen LogP contribution in [0.4, 0.5) is 0 Å². The number of carbonyl (C=O) groups excluding carboxylic acids is 1. The zero-order chi connectivity index (χ0) is 13.4. The van der Waals surface area contributed by atoms with Crippen molar-refractivity contribution in [3.8, 4) is 0 Å². The average Bonchev–Trinajstić information content (AvgIpc) is 2.36. The molecular formula is C14H29N3O. The Hall–Kier alpha value is -0.610. The standard InChI is InChI=1S/C14H29N3O/c1-12(7-8-15)14(18)16-9-5-11-17-10-4-3-6-13(17)2/h12-13H,3-11,15H2,1-2H3,(H,16,18). The number of likely N-dealkylation sites (tertiary alicyclic amines) is 1. The first-order valence-corrected chi connectivity index (χ1v) is 7.37. The van der Waals surface area contributed by atoms with Gasteiger partial charge >= 0.3 is 0 Å². The Balaban J connectivity index is 2.08. The fourth-order valence-corrected chi connectivity index (χ4v) is 2.54. The van der Waals surface area contributed by atoms with Crippen molar-refractivity contribution in [3.05, 3.63) is 0 Å². The van der Waals surface area contributed by atoms with Gasteiger partial charge in [0.1, 0.15) is 0 Å². The van der Waals surface area contributed by atoms with Crippen LogP contribution in [-0.2, 0) is 4.79 Å². The number of hydrogen-bond acceptors (Lipinski definition) is 3. The van der Waals surface area contributed by atoms with Crippen LogP contribution in [0.3, 0.4) is 0 Å². The first-order chi connectivity index (χ1) is 8.65. The molecule has 4 nitrogen and oxygen atoms in total. The van der Waals surface area contributed by atoms with Gasteiger partial charge in [0.15, 0.2) is 0 Å². The van der Waals surface area contributed by atoms with Crippen molar-refractivity contribution >= 4 is 5.91 Å². The fraction of sp³-hybridized carbons (Fsp3) is 0.929. The van der Waals surface area contributed by atoms with Crippen LogP contribution in [0, 0.1) is 5.92 Å². The minimum absolute atomic E-state index is 0.0453. The molecule has 1 fully saturated rings. The molecule has 3 N–H and O–H groups in total. The predicted molar refractivity (Wildman–Crippen MR) is 75.3 cm³/mol. The lowest BCUT2D eigenvalue weighted by Crippen LogP contribution is -2.39. The second-order valence-electron chi connectivity index (χ2n) is 5.50. The van der Waals surface area contributed by atoms with Crippen molar-refractivity contribution in [2.24, 2.45) is 11.7 Å². The SMILES string of the molecule is CC(CCN)C(=O)NCCCN1CCCCC1C. The molecular weight excluding hydrogens is 226 g/mol. The van der Waals surface area contributed by atoms with E-state index >= 15 is 0 Å². The largest absolute Gasteiger partial charge is 0.356 e. The summed E-state index contributed by atoms with van der Waals surface area (Å²) in [4.78, 5) is 14.2. The third kappa shape index (κ3) is 5.36. The van der Waals surface area contributed by atoms with Crippen LogP contribution >= 0.6 is 0 Å². The van der Waals surface area contributed by atoms with E-state index in [1.165, 1.54) is 25.8 Å². The molecule has 1 heterocycles. The van der Waals surface area contributed by atoms with E-state index in [1.807, 2.05) is 6.92 Å². The quantitative estimate of drug-likeness (QED) is 0.675. The van der Waals surface area contributed by atoms with Crippen LogP contribution in [0.5, 0.6) is 0 Å². The molecule has 1 aliphatic rings. The van der Waals surface area contributed by atoms with Crippen LogP contribution in [0.2, 0.25) is 0 Å². The van der Waals surface area contributed by atoms with Gasteiger partial charge in [0.2, 0.25) is 5.91 Å². The van der Waals surface area contributed by atoms with E-state index in [0.29, 0.717) is 12.6 Å². The van der Waals surface area contributed by atoms with E-state index < -0.39 is 0 Å². The molecule has 18 heavy (non-hydrogen) atoms. The number of hydrogen-bond donors (Lipinski definition) is 2. The van der Waals surface area contributed by atoms with Crippen molar-refractivity contribution in [3.63, 3.8) is 0 Å². The summed E-state index contributed by atoms with van der Waals surface area (Å²) < 4.78 is 0. The summed E-state index contributed by atoms with van der Waals surface area (Å²) in [6.07, 6.45) is 5.83. The van der Waals surface area contributed by atoms with Crippen molar-refractivity contribution in [2.75, 3.05) is 26.2 Å². The molecule has 0 aliphatic carbocycles. The minimum Gasteiger partial charge on any atom is -0.356 e. The Morgan fingerprint density at radius 3 is 2.94 bits per heavy atom. The molecule has 0 spiro atoms. The minimum atomic E-state index is 0.0453. The topological polar surface area (TPSA) is 58.4 Å². The molecule has 1 amide bonds. The van der Waals surface area contributed by atoms with Gasteiger partial charge in [-0.3, -0.25) is 4.79 Å². The van der Waals surface area contributed by atoms with Gasteiger partial charge in [-0.05, 0) is 45.7 Å². The number of rotatable bonds is 7. The number of nitrogens with two attached hydrogens (primary N) is 1. The summed E-state index contributed by atoms with van der Waals surface area (Å²) in [5, 5.41) is 3.00. The number of carbonyl (C=O) groups is 1. The Morgan fingerprint density at radius 2 is 2.28 bits per heavy atom. The highest BCUT2D eigenvalue weighted by Gasteiger charge is 2.17. The fourth-order valence-electron chi connectivity index (χ4n) is 2.54. The van der Waals surface area contributed by atoms with Gasteiger partial charge in [-0.15, -0.1) is 0 Å². The normalized spacial score (nSPS) is 22.7. The van der Waals surface area contributed by atoms with Gasteiger partial charge in [-0.1, -0.05) is 13.3 Å². The summed E-state index contributed by atoms with van der Waals surface area (Å²) in [6.45, 7) is 7.94. The number of nitrogens with zero attached hydrogens (tertiary/aromatic N) is 1. The molecule has 0 saturated carbocycles. The Morgan fingerprint density at radius 1 is 1.50 bits per heavy atom. The van der Waals surface area contributed by atoms with Crippen LogP contribution < -0.4 is 11.1 Å². The van der Waals surface area contributed by atoms with Crippen molar-refractivity contribution < 1.29 is 4.79 Å². The third-order valence-electron chi connectivity index (χ3n) is 3.91. The van der Waals surface area contributed by atoms with E-state index in [1.54, 1.807) is 0 Å². The van der Waals surface area contributed by atoms with Crippen LogP contribution in [0.25, 0.3) is 0 Å². The molecule has 2 unspecified atom stereocenters. The van der Waals surface area contributed by atoms with Gasteiger partial charge in [0, 0.05) is 25.0 Å². The summed E-state index contributed by atoms with van der Waals surface area (Å²) in [5.41, 5.74) is 5.45. The lowest BCUT2D eigenvalue weighted by molar-refractivity contribution is -0.124. The summed E-state index contributed by atoms with van der Waals surface area (Å²) >= 11 is 0. The van der Waals surface area contributed by atoms with E-state index in [0.717, 1.165) is 25.9 Å². The maximum absolute atomic E-state index is 11.7. The zero-order valence-electron chi connectivity index (χ0n) is 12.0. The summed E-state index contributed by atoms with van der Waals surface area (Å²) in [7, 11) is 0. The molecule has 0 aromatic rings. The van der Waals surface area contributed by atoms with Crippen LogP contribution in [0.15, 0.2) is 0 Å². The molecule has 106 valence electrons. The number of amides is 1. The van der Waals surface area contributed by atoms with Gasteiger partial charge in [-0.25, -0.2) is 0 Å². The number of nitrogens with one attached hydrogen (secondary N) is 1. The molecule has 0 aromatic carbocycles. The van der Waals surface area contributed by atoms with Gasteiger partial charge in [-0.2, -0.15) is 0 Å². The van der Waals surface area contributed by atoms with Crippen molar-refractivity contribution in [1.82, 2.24) is 10.2 Å². The third-order valence-corrected chi connectivity index (χ3v) is 3.91. The molecule has 0 aromatic heterocycles. The molecule has 1 rings (SSSR count). The summed E-state index contributed by atoms with van der Waals surface area (Å²) in [6, 6.07) is 0.714. The zero-order valence-corrected chi connectivity index (χ0v) is 12.0. The lowest BCUT2D eigenvalue weighted by atomic mass is 10.0. The maximum atomic E-state index is 11.7. The highest BCUT2D eigenvalue weighted by molar-refractivity contribution is 5.78. The Kier molecular flexibility index (Phi) is 7.28. The van der Waals surface area contributed by atoms with Crippen molar-refractivity contribution in [1.29, 1.82) is 0 Å². The predicted octanol–water partition coefficient (Wildman–Crippen LogP) is 1.35. The van der Waals surface area contributed by atoms with Gasteiger partial charge in [0.25, 0.3) is 0 Å². The number of piperidine rings is 1. The average molecular weight is 255 g/mol. The Bertz CT molecular complexity index is 245. The molecule has 2 atom stereocenters. The molecule has 0 radical (unpaired) electrons. The molecule has 1 saturated heterocycles. The molecule has 0 bridgehead atoms. The second-order valence-corrected chi connectivity index (χ2v) is 5.50. The Labute approximate surface area is 111 Å². The lowest BCUT2D eigenvalue weighted by Gasteiger charge is -2.33.